The largest absolute Gasteiger partial charge is 0.390 e. The van der Waals surface area contributed by atoms with Crippen molar-refractivity contribution in [3.8, 4) is 0 Å². The molecule has 0 heterocycles. The molecule has 0 aliphatic carbocycles. The van der Waals surface area contributed by atoms with Crippen LogP contribution in [0, 0.1) is 17.8 Å². The van der Waals surface area contributed by atoms with Crippen LogP contribution in [0.2, 0.25) is 0 Å². The smallest absolute Gasteiger partial charge is 0.242 e. The van der Waals surface area contributed by atoms with Gasteiger partial charge >= 0.3 is 0 Å². The summed E-state index contributed by atoms with van der Waals surface area (Å²) in [7, 11) is 0. The van der Waals surface area contributed by atoms with Crippen LogP contribution >= 0.6 is 11.8 Å². The Balaban J connectivity index is 1.94. The second-order valence-electron chi connectivity index (χ2n) is 13.6. The summed E-state index contributed by atoms with van der Waals surface area (Å²) >= 11 is 1.42. The number of hydrogen-bond donors (Lipinski definition) is 5. The van der Waals surface area contributed by atoms with E-state index in [0.717, 1.165) is 11.1 Å². The molecular formula is C37H56N4O5S. The minimum absolute atomic E-state index is 0.00584. The highest BCUT2D eigenvalue weighted by Crippen LogP contribution is 2.15. The van der Waals surface area contributed by atoms with Crippen LogP contribution in [0.3, 0.4) is 0 Å². The van der Waals surface area contributed by atoms with E-state index in [4.69, 9.17) is 0 Å². The van der Waals surface area contributed by atoms with Crippen molar-refractivity contribution in [2.75, 3.05) is 11.5 Å². The first-order chi connectivity index (χ1) is 22.3. The maximum absolute atomic E-state index is 13.0. The molecule has 4 amide bonds. The summed E-state index contributed by atoms with van der Waals surface area (Å²) in [5.74, 6) is 0.293. The molecule has 260 valence electrons. The first kappa shape index (κ1) is 39.8. The van der Waals surface area contributed by atoms with Crippen molar-refractivity contribution in [3.05, 3.63) is 71.8 Å². The summed E-state index contributed by atoms with van der Waals surface area (Å²) in [4.78, 5) is 51.6. The van der Waals surface area contributed by atoms with E-state index in [9.17, 15) is 24.3 Å². The normalized spacial score (nSPS) is 13.9. The van der Waals surface area contributed by atoms with Crippen LogP contribution in [-0.4, -0.2) is 64.5 Å². The van der Waals surface area contributed by atoms with E-state index in [0.29, 0.717) is 38.0 Å². The van der Waals surface area contributed by atoms with Crippen LogP contribution in [-0.2, 0) is 32.1 Å². The van der Waals surface area contributed by atoms with Gasteiger partial charge in [-0.25, -0.2) is 0 Å². The van der Waals surface area contributed by atoms with Crippen molar-refractivity contribution in [3.63, 3.8) is 0 Å². The molecule has 2 aromatic carbocycles. The second kappa shape index (κ2) is 21.5. The molecule has 0 saturated carbocycles. The van der Waals surface area contributed by atoms with Crippen molar-refractivity contribution in [2.45, 2.75) is 104 Å². The fourth-order valence-corrected chi connectivity index (χ4v) is 6.14. The highest BCUT2D eigenvalue weighted by atomic mass is 32.2. The highest BCUT2D eigenvalue weighted by molar-refractivity contribution is 8.00. The monoisotopic (exact) mass is 668 g/mol. The Kier molecular flexibility index (Phi) is 18.2. The van der Waals surface area contributed by atoms with Crippen molar-refractivity contribution < 1.29 is 24.3 Å². The number of benzene rings is 2. The maximum Gasteiger partial charge on any atom is 0.242 e. The van der Waals surface area contributed by atoms with Crippen LogP contribution in [0.5, 0.6) is 0 Å². The number of thioether (sulfide) groups is 1. The first-order valence-corrected chi connectivity index (χ1v) is 18.0. The third kappa shape index (κ3) is 17.4. The van der Waals surface area contributed by atoms with E-state index in [1.807, 2.05) is 102 Å². The van der Waals surface area contributed by atoms with Crippen molar-refractivity contribution in [1.82, 2.24) is 21.3 Å². The lowest BCUT2D eigenvalue weighted by Gasteiger charge is -2.27. The van der Waals surface area contributed by atoms with Crippen LogP contribution in [0.4, 0.5) is 0 Å². The molecule has 1 unspecified atom stereocenters. The fraction of sp³-hybridized carbons (Fsp3) is 0.568. The first-order valence-electron chi connectivity index (χ1n) is 16.8. The van der Waals surface area contributed by atoms with Crippen molar-refractivity contribution >= 4 is 35.4 Å². The van der Waals surface area contributed by atoms with E-state index in [1.165, 1.54) is 11.8 Å². The van der Waals surface area contributed by atoms with E-state index in [-0.39, 0.29) is 53.7 Å². The predicted molar refractivity (Wildman–Crippen MR) is 191 cm³/mol. The number of aliphatic hydroxyl groups excluding tert-OH is 1. The Labute approximate surface area is 285 Å². The lowest BCUT2D eigenvalue weighted by molar-refractivity contribution is -0.131. The average molecular weight is 669 g/mol. The maximum atomic E-state index is 13.0. The van der Waals surface area contributed by atoms with Gasteiger partial charge in [0.05, 0.1) is 24.3 Å². The van der Waals surface area contributed by atoms with Gasteiger partial charge in [-0.05, 0) is 48.1 Å². The zero-order chi connectivity index (χ0) is 34.8. The summed E-state index contributed by atoms with van der Waals surface area (Å²) in [6.45, 7) is 12.3. The third-order valence-corrected chi connectivity index (χ3v) is 8.54. The molecule has 0 saturated heterocycles. The number of carbonyl (C=O) groups excluding carboxylic acids is 4. The van der Waals surface area contributed by atoms with Crippen LogP contribution in [0.1, 0.15) is 78.4 Å². The number of aliphatic hydroxyl groups is 1. The molecule has 0 aliphatic heterocycles. The molecule has 0 aliphatic rings. The topological polar surface area (TPSA) is 137 Å². The molecule has 0 aromatic heterocycles. The van der Waals surface area contributed by atoms with Gasteiger partial charge in [-0.15, -0.1) is 11.8 Å². The Morgan fingerprint density at radius 2 is 1.26 bits per heavy atom. The Hall–Kier alpha value is -3.37. The molecule has 10 heteroatoms. The van der Waals surface area contributed by atoms with Crippen LogP contribution in [0.15, 0.2) is 60.7 Å². The van der Waals surface area contributed by atoms with Crippen LogP contribution < -0.4 is 21.3 Å². The summed E-state index contributed by atoms with van der Waals surface area (Å²) in [6.07, 6.45) is 0.668. The van der Waals surface area contributed by atoms with Crippen LogP contribution in [0.25, 0.3) is 0 Å². The SMILES string of the molecule is CC(C)CC(=O)N[C@H](CSCC(=O)N[C@@H](CC(C)C)C(O)CC(=O)N[C@@H](CC(C)C)C(=O)NCc1ccccc1)Cc1ccccc1. The fourth-order valence-electron chi connectivity index (χ4n) is 5.27. The second-order valence-corrected chi connectivity index (χ2v) is 14.6. The quantitative estimate of drug-likeness (QED) is 0.132. The van der Waals surface area contributed by atoms with Gasteiger partial charge in [0.1, 0.15) is 6.04 Å². The zero-order valence-corrected chi connectivity index (χ0v) is 29.8. The lowest BCUT2D eigenvalue weighted by atomic mass is 9.96. The number of rotatable bonds is 21. The summed E-state index contributed by atoms with van der Waals surface area (Å²) in [5, 5.41) is 22.8. The summed E-state index contributed by atoms with van der Waals surface area (Å²) in [5.41, 5.74) is 2.06. The molecule has 9 nitrogen and oxygen atoms in total. The summed E-state index contributed by atoms with van der Waals surface area (Å²) < 4.78 is 0. The van der Waals surface area contributed by atoms with E-state index in [2.05, 4.69) is 21.3 Å². The lowest BCUT2D eigenvalue weighted by Crippen LogP contribution is -2.50. The molecule has 0 bridgehead atoms. The highest BCUT2D eigenvalue weighted by Gasteiger charge is 2.28. The van der Waals surface area contributed by atoms with Crippen molar-refractivity contribution in [2.24, 2.45) is 17.8 Å². The number of hydrogen-bond acceptors (Lipinski definition) is 6. The molecule has 47 heavy (non-hydrogen) atoms. The molecule has 0 fully saturated rings. The number of carbonyl (C=O) groups is 4. The van der Waals surface area contributed by atoms with Crippen molar-refractivity contribution in [1.29, 1.82) is 0 Å². The molecule has 0 radical (unpaired) electrons. The number of nitrogens with one attached hydrogen (secondary N) is 4. The van der Waals surface area contributed by atoms with Gasteiger partial charge in [0.15, 0.2) is 0 Å². The van der Waals surface area contributed by atoms with Gasteiger partial charge in [0, 0.05) is 24.8 Å². The minimum atomic E-state index is -1.13. The molecule has 2 rings (SSSR count). The Bertz CT molecular complexity index is 1230. The summed E-state index contributed by atoms with van der Waals surface area (Å²) in [6, 6.07) is 18.0. The molecular weight excluding hydrogens is 612 g/mol. The standard InChI is InChI=1S/C37H56N4O5S/c1-25(2)17-31(33(42)21-35(44)41-32(18-26(3)4)37(46)38-22-29-15-11-8-12-16-29)40-36(45)24-47-23-30(39-34(43)19-27(5)6)20-28-13-9-7-10-14-28/h7-16,25-27,30-33,42H,17-24H2,1-6H3,(H,38,46)(H,39,43)(H,40,45)(H,41,44)/t30-,31-,32-,33?/m0/s1. The van der Waals surface area contributed by atoms with E-state index < -0.39 is 24.1 Å². The number of amides is 4. The van der Waals surface area contributed by atoms with Gasteiger partial charge < -0.3 is 26.4 Å². The van der Waals surface area contributed by atoms with E-state index >= 15 is 0 Å². The Morgan fingerprint density at radius 1 is 0.681 bits per heavy atom. The predicted octanol–water partition coefficient (Wildman–Crippen LogP) is 4.62. The molecule has 5 N–H and O–H groups in total. The van der Waals surface area contributed by atoms with Gasteiger partial charge in [0.2, 0.25) is 23.6 Å². The molecule has 4 atom stereocenters. The third-order valence-electron chi connectivity index (χ3n) is 7.43. The van der Waals surface area contributed by atoms with Gasteiger partial charge in [-0.2, -0.15) is 0 Å². The molecule has 0 spiro atoms. The van der Waals surface area contributed by atoms with Gasteiger partial charge in [0.25, 0.3) is 0 Å². The minimum Gasteiger partial charge on any atom is -0.390 e. The average Bonchev–Trinajstić information content (AvgIpc) is 2.99. The zero-order valence-electron chi connectivity index (χ0n) is 29.0. The van der Waals surface area contributed by atoms with Gasteiger partial charge in [-0.3, -0.25) is 19.2 Å². The molecule has 2 aromatic rings. The Morgan fingerprint density at radius 3 is 1.83 bits per heavy atom. The van der Waals surface area contributed by atoms with E-state index in [1.54, 1.807) is 0 Å². The van der Waals surface area contributed by atoms with Gasteiger partial charge in [-0.1, -0.05) is 102 Å².